The van der Waals surface area contributed by atoms with Crippen molar-refractivity contribution in [1.82, 2.24) is 20.2 Å². The molecule has 0 atom stereocenters. The van der Waals surface area contributed by atoms with Gasteiger partial charge in [0.15, 0.2) is 0 Å². The molecule has 2 aromatic carbocycles. The standard InChI is InChI=1S/C25H27N7OS/c26-19-20-5-1-2-6-23(20)34-22-9-7-21(8-10-22)30-25(33)29-13-4-14-31-15-17-32(18-16-31)24-27-11-3-12-28-24/h1-3,5-12H,4,13-18H2,(H2,29,30,33). The zero-order valence-electron chi connectivity index (χ0n) is 18.9. The van der Waals surface area contributed by atoms with Crippen LogP contribution in [0.25, 0.3) is 0 Å². The molecule has 8 nitrogen and oxygen atoms in total. The summed E-state index contributed by atoms with van der Waals surface area (Å²) >= 11 is 1.53. The van der Waals surface area contributed by atoms with Crippen LogP contribution < -0.4 is 15.5 Å². The van der Waals surface area contributed by atoms with E-state index < -0.39 is 0 Å². The van der Waals surface area contributed by atoms with Gasteiger partial charge in [0.25, 0.3) is 0 Å². The van der Waals surface area contributed by atoms with Crippen molar-refractivity contribution in [3.05, 3.63) is 72.6 Å². The van der Waals surface area contributed by atoms with Crippen molar-refractivity contribution >= 4 is 29.4 Å². The van der Waals surface area contributed by atoms with Crippen molar-refractivity contribution in [3.8, 4) is 6.07 Å². The predicted molar refractivity (Wildman–Crippen MR) is 134 cm³/mol. The summed E-state index contributed by atoms with van der Waals surface area (Å²) in [5, 5.41) is 15.0. The molecule has 1 aliphatic heterocycles. The van der Waals surface area contributed by atoms with Crippen molar-refractivity contribution in [2.45, 2.75) is 16.2 Å². The molecule has 0 unspecified atom stereocenters. The Morgan fingerprint density at radius 3 is 2.47 bits per heavy atom. The van der Waals surface area contributed by atoms with Crippen LogP contribution in [-0.4, -0.2) is 60.2 Å². The van der Waals surface area contributed by atoms with Crippen LogP contribution in [0.4, 0.5) is 16.4 Å². The van der Waals surface area contributed by atoms with E-state index in [-0.39, 0.29) is 6.03 Å². The molecule has 0 aliphatic carbocycles. The number of benzene rings is 2. The highest BCUT2D eigenvalue weighted by Crippen LogP contribution is 2.30. The number of hydrogen-bond acceptors (Lipinski definition) is 7. The number of urea groups is 1. The summed E-state index contributed by atoms with van der Waals surface area (Å²) < 4.78 is 0. The monoisotopic (exact) mass is 473 g/mol. The van der Waals surface area contributed by atoms with Crippen molar-refractivity contribution in [1.29, 1.82) is 5.26 Å². The van der Waals surface area contributed by atoms with E-state index in [0.717, 1.165) is 60.6 Å². The molecule has 0 radical (unpaired) electrons. The van der Waals surface area contributed by atoms with Crippen LogP contribution in [0.5, 0.6) is 0 Å². The van der Waals surface area contributed by atoms with Gasteiger partial charge >= 0.3 is 6.03 Å². The molecule has 2 N–H and O–H groups in total. The summed E-state index contributed by atoms with van der Waals surface area (Å²) in [5.74, 6) is 0.791. The molecule has 9 heteroatoms. The third kappa shape index (κ3) is 6.70. The first-order valence-electron chi connectivity index (χ1n) is 11.3. The Morgan fingerprint density at radius 1 is 1.00 bits per heavy atom. The topological polar surface area (TPSA) is 97.2 Å². The third-order valence-corrected chi connectivity index (χ3v) is 6.58. The number of piperazine rings is 1. The molecular weight excluding hydrogens is 446 g/mol. The van der Waals surface area contributed by atoms with Crippen LogP contribution in [0.1, 0.15) is 12.0 Å². The first-order valence-corrected chi connectivity index (χ1v) is 12.1. The first-order chi connectivity index (χ1) is 16.7. The Balaban J connectivity index is 1.13. The molecule has 1 saturated heterocycles. The molecular formula is C25H27N7OS. The van der Waals surface area contributed by atoms with Crippen LogP contribution in [0, 0.1) is 11.3 Å². The second kappa shape index (κ2) is 12.0. The number of hydrogen-bond donors (Lipinski definition) is 2. The highest BCUT2D eigenvalue weighted by molar-refractivity contribution is 7.99. The lowest BCUT2D eigenvalue weighted by Crippen LogP contribution is -2.47. The van der Waals surface area contributed by atoms with Crippen molar-refractivity contribution in [2.75, 3.05) is 49.5 Å². The Hall–Kier alpha value is -3.61. The van der Waals surface area contributed by atoms with E-state index >= 15 is 0 Å². The van der Waals surface area contributed by atoms with Crippen LogP contribution in [0.15, 0.2) is 76.8 Å². The van der Waals surface area contributed by atoms with Crippen LogP contribution in [-0.2, 0) is 0 Å². The van der Waals surface area contributed by atoms with Gasteiger partial charge in [-0.2, -0.15) is 5.26 Å². The molecule has 0 saturated carbocycles. The number of carbonyl (C=O) groups excluding carboxylic acids is 1. The number of amides is 2. The van der Waals surface area contributed by atoms with E-state index in [1.54, 1.807) is 12.4 Å². The summed E-state index contributed by atoms with van der Waals surface area (Å²) in [6.07, 6.45) is 4.44. The minimum atomic E-state index is -0.207. The Bertz CT molecular complexity index is 1110. The summed E-state index contributed by atoms with van der Waals surface area (Å²) in [6, 6.07) is 19.0. The third-order valence-electron chi connectivity index (χ3n) is 5.49. The molecule has 2 amide bonds. The van der Waals surface area contributed by atoms with Crippen LogP contribution in [0.2, 0.25) is 0 Å². The number of nitrogens with one attached hydrogen (secondary N) is 2. The lowest BCUT2D eigenvalue weighted by atomic mass is 10.2. The number of anilines is 2. The lowest BCUT2D eigenvalue weighted by Gasteiger charge is -2.34. The van der Waals surface area contributed by atoms with Gasteiger partial charge in [0.1, 0.15) is 6.07 Å². The summed E-state index contributed by atoms with van der Waals surface area (Å²) in [7, 11) is 0. The number of nitriles is 1. The van der Waals surface area contributed by atoms with Gasteiger partial charge in [-0.05, 0) is 55.4 Å². The maximum atomic E-state index is 12.2. The minimum Gasteiger partial charge on any atom is -0.338 e. The average molecular weight is 474 g/mol. The van der Waals surface area contributed by atoms with E-state index in [1.807, 2.05) is 54.6 Å². The number of rotatable bonds is 8. The van der Waals surface area contributed by atoms with Gasteiger partial charge < -0.3 is 15.5 Å². The van der Waals surface area contributed by atoms with E-state index in [9.17, 15) is 10.1 Å². The highest BCUT2D eigenvalue weighted by Gasteiger charge is 2.18. The fourth-order valence-electron chi connectivity index (χ4n) is 3.69. The second-order valence-electron chi connectivity index (χ2n) is 7.85. The van der Waals surface area contributed by atoms with Gasteiger partial charge in [-0.15, -0.1) is 0 Å². The van der Waals surface area contributed by atoms with Gasteiger partial charge in [0.05, 0.1) is 5.56 Å². The quantitative estimate of drug-likeness (QED) is 0.480. The van der Waals surface area contributed by atoms with Crippen molar-refractivity contribution < 1.29 is 4.79 Å². The van der Waals surface area contributed by atoms with Gasteiger partial charge in [-0.3, -0.25) is 4.90 Å². The summed E-state index contributed by atoms with van der Waals surface area (Å²) in [6.45, 7) is 5.32. The van der Waals surface area contributed by atoms with Gasteiger partial charge in [0.2, 0.25) is 5.95 Å². The Morgan fingerprint density at radius 2 is 1.74 bits per heavy atom. The number of carbonyl (C=O) groups is 1. The summed E-state index contributed by atoms with van der Waals surface area (Å²) in [4.78, 5) is 27.4. The normalized spacial score (nSPS) is 13.8. The Kier molecular flexibility index (Phi) is 8.32. The van der Waals surface area contributed by atoms with Gasteiger partial charge in [-0.25, -0.2) is 14.8 Å². The maximum absolute atomic E-state index is 12.2. The van der Waals surface area contributed by atoms with Crippen molar-refractivity contribution in [2.24, 2.45) is 0 Å². The van der Waals surface area contributed by atoms with Crippen molar-refractivity contribution in [3.63, 3.8) is 0 Å². The first kappa shape index (κ1) is 23.5. The van der Waals surface area contributed by atoms with Gasteiger partial charge in [0, 0.05) is 60.6 Å². The van der Waals surface area contributed by atoms with E-state index in [0.29, 0.717) is 12.1 Å². The average Bonchev–Trinajstić information content (AvgIpc) is 2.89. The molecule has 2 heterocycles. The molecule has 1 fully saturated rings. The second-order valence-corrected chi connectivity index (χ2v) is 8.96. The van der Waals surface area contributed by atoms with E-state index in [1.165, 1.54) is 11.8 Å². The van der Waals surface area contributed by atoms with Gasteiger partial charge in [-0.1, -0.05) is 23.9 Å². The van der Waals surface area contributed by atoms with Crippen LogP contribution >= 0.6 is 11.8 Å². The summed E-state index contributed by atoms with van der Waals surface area (Å²) in [5.41, 5.74) is 1.39. The molecule has 0 spiro atoms. The van der Waals surface area contributed by atoms with E-state index in [4.69, 9.17) is 0 Å². The number of aromatic nitrogens is 2. The SMILES string of the molecule is N#Cc1ccccc1Sc1ccc(NC(=O)NCCCN2CCN(c3ncccn3)CC2)cc1. The van der Waals surface area contributed by atoms with Crippen LogP contribution in [0.3, 0.4) is 0 Å². The molecule has 1 aliphatic rings. The fraction of sp³-hybridized carbons (Fsp3) is 0.280. The Labute approximate surface area is 204 Å². The molecule has 34 heavy (non-hydrogen) atoms. The zero-order chi connectivity index (χ0) is 23.6. The predicted octanol–water partition coefficient (Wildman–Crippen LogP) is 3.83. The zero-order valence-corrected chi connectivity index (χ0v) is 19.7. The molecule has 3 aromatic rings. The highest BCUT2D eigenvalue weighted by atomic mass is 32.2. The molecule has 1 aromatic heterocycles. The smallest absolute Gasteiger partial charge is 0.319 e. The fourth-order valence-corrected chi connectivity index (χ4v) is 4.58. The maximum Gasteiger partial charge on any atom is 0.319 e. The molecule has 0 bridgehead atoms. The lowest BCUT2D eigenvalue weighted by molar-refractivity contribution is 0.244. The van der Waals surface area contributed by atoms with E-state index in [2.05, 4.69) is 36.5 Å². The molecule has 174 valence electrons. The number of nitrogens with zero attached hydrogens (tertiary/aromatic N) is 5. The minimum absolute atomic E-state index is 0.207. The largest absolute Gasteiger partial charge is 0.338 e. The molecule has 4 rings (SSSR count).